The average Bonchev–Trinajstić information content (AvgIpc) is 2.63. The summed E-state index contributed by atoms with van der Waals surface area (Å²) >= 11 is 0. The lowest BCUT2D eigenvalue weighted by atomic mass is 9.91. The molecule has 4 nitrogen and oxygen atoms in total. The summed E-state index contributed by atoms with van der Waals surface area (Å²) in [6.07, 6.45) is 1.08. The molecule has 1 saturated carbocycles. The molecule has 1 heterocycles. The largest absolute Gasteiger partial charge is 0.481 e. The van der Waals surface area contributed by atoms with E-state index in [9.17, 15) is 8.78 Å². The van der Waals surface area contributed by atoms with Crippen molar-refractivity contribution in [3.8, 4) is 5.88 Å². The standard InChI is InChI=1S/C14H23F2N3O/c1-10-12(13(20-4)19(3)17-10)9-18(2)11-5-7-14(15,16)8-6-11/h11H,5-9H2,1-4H3. The third kappa shape index (κ3) is 3.11. The van der Waals surface area contributed by atoms with Crippen LogP contribution in [0.1, 0.15) is 36.9 Å². The lowest BCUT2D eigenvalue weighted by Gasteiger charge is -2.34. The SMILES string of the molecule is COc1c(CN(C)C2CCC(F)(F)CC2)c(C)nn1C. The van der Waals surface area contributed by atoms with Crippen LogP contribution >= 0.6 is 0 Å². The topological polar surface area (TPSA) is 30.3 Å². The average molecular weight is 287 g/mol. The van der Waals surface area contributed by atoms with E-state index in [1.54, 1.807) is 11.8 Å². The first-order valence-electron chi connectivity index (χ1n) is 6.98. The van der Waals surface area contributed by atoms with Crippen molar-refractivity contribution in [2.75, 3.05) is 14.2 Å². The van der Waals surface area contributed by atoms with E-state index in [1.165, 1.54) is 0 Å². The van der Waals surface area contributed by atoms with Gasteiger partial charge in [-0.2, -0.15) is 5.10 Å². The van der Waals surface area contributed by atoms with E-state index < -0.39 is 5.92 Å². The molecule has 0 spiro atoms. The highest BCUT2D eigenvalue weighted by Gasteiger charge is 2.36. The van der Waals surface area contributed by atoms with Crippen LogP contribution in [0.3, 0.4) is 0 Å². The number of aryl methyl sites for hydroxylation is 2. The summed E-state index contributed by atoms with van der Waals surface area (Å²) in [5.74, 6) is -1.73. The minimum absolute atomic E-state index is 0.00877. The molecule has 6 heteroatoms. The fourth-order valence-corrected chi connectivity index (χ4v) is 2.96. The maximum absolute atomic E-state index is 13.2. The van der Waals surface area contributed by atoms with Crippen LogP contribution in [0.15, 0.2) is 0 Å². The number of methoxy groups -OCH3 is 1. The monoisotopic (exact) mass is 287 g/mol. The summed E-state index contributed by atoms with van der Waals surface area (Å²) in [5.41, 5.74) is 1.96. The Morgan fingerprint density at radius 1 is 1.40 bits per heavy atom. The molecule has 114 valence electrons. The van der Waals surface area contributed by atoms with Gasteiger partial charge >= 0.3 is 0 Å². The summed E-state index contributed by atoms with van der Waals surface area (Å²) < 4.78 is 33.5. The Kier molecular flexibility index (Phi) is 4.32. The number of alkyl halides is 2. The highest BCUT2D eigenvalue weighted by Crippen LogP contribution is 2.35. The van der Waals surface area contributed by atoms with Crippen LogP contribution in [0.25, 0.3) is 0 Å². The molecule has 0 atom stereocenters. The number of nitrogens with zero attached hydrogens (tertiary/aromatic N) is 3. The van der Waals surface area contributed by atoms with Gasteiger partial charge in [-0.25, -0.2) is 13.5 Å². The van der Waals surface area contributed by atoms with Gasteiger partial charge in [0, 0.05) is 32.5 Å². The van der Waals surface area contributed by atoms with Gasteiger partial charge in [0.05, 0.1) is 18.4 Å². The van der Waals surface area contributed by atoms with Crippen molar-refractivity contribution in [1.29, 1.82) is 0 Å². The third-order valence-electron chi connectivity index (χ3n) is 4.20. The molecule has 0 unspecified atom stereocenters. The van der Waals surface area contributed by atoms with Crippen LogP contribution in [0, 0.1) is 6.92 Å². The van der Waals surface area contributed by atoms with E-state index in [4.69, 9.17) is 4.74 Å². The van der Waals surface area contributed by atoms with E-state index in [0.29, 0.717) is 19.4 Å². The molecule has 0 radical (unpaired) electrons. The van der Waals surface area contributed by atoms with Crippen LogP contribution < -0.4 is 4.74 Å². The molecular weight excluding hydrogens is 264 g/mol. The van der Waals surface area contributed by atoms with Crippen molar-refractivity contribution in [2.24, 2.45) is 7.05 Å². The molecule has 1 aliphatic rings. The van der Waals surface area contributed by atoms with Crippen molar-refractivity contribution in [3.05, 3.63) is 11.3 Å². The molecular formula is C14H23F2N3O. The minimum Gasteiger partial charge on any atom is -0.481 e. The Balaban J connectivity index is 2.03. The van der Waals surface area contributed by atoms with E-state index in [-0.39, 0.29) is 18.9 Å². The molecule has 1 aromatic rings. The second-order valence-electron chi connectivity index (χ2n) is 5.70. The number of ether oxygens (including phenoxy) is 1. The summed E-state index contributed by atoms with van der Waals surface area (Å²) in [5, 5.41) is 4.35. The van der Waals surface area contributed by atoms with Gasteiger partial charge in [0.15, 0.2) is 0 Å². The fraction of sp³-hybridized carbons (Fsp3) is 0.786. The maximum Gasteiger partial charge on any atom is 0.248 e. The van der Waals surface area contributed by atoms with Gasteiger partial charge in [-0.3, -0.25) is 4.90 Å². The van der Waals surface area contributed by atoms with Gasteiger partial charge in [-0.15, -0.1) is 0 Å². The molecule has 0 N–H and O–H groups in total. The van der Waals surface area contributed by atoms with Crippen molar-refractivity contribution in [2.45, 2.75) is 51.1 Å². The van der Waals surface area contributed by atoms with Gasteiger partial charge in [0.25, 0.3) is 0 Å². The zero-order valence-corrected chi connectivity index (χ0v) is 12.6. The first kappa shape index (κ1) is 15.2. The smallest absolute Gasteiger partial charge is 0.248 e. The van der Waals surface area contributed by atoms with Crippen molar-refractivity contribution in [1.82, 2.24) is 14.7 Å². The van der Waals surface area contributed by atoms with Crippen molar-refractivity contribution >= 4 is 0 Å². The highest BCUT2D eigenvalue weighted by atomic mass is 19.3. The fourth-order valence-electron chi connectivity index (χ4n) is 2.96. The molecule has 2 rings (SSSR count). The Labute approximate surface area is 118 Å². The Hall–Kier alpha value is -1.17. The van der Waals surface area contributed by atoms with Gasteiger partial charge in [-0.05, 0) is 26.8 Å². The Morgan fingerprint density at radius 2 is 2.00 bits per heavy atom. The van der Waals surface area contributed by atoms with Gasteiger partial charge in [0.2, 0.25) is 11.8 Å². The van der Waals surface area contributed by atoms with E-state index in [2.05, 4.69) is 10.00 Å². The number of aromatic nitrogens is 2. The first-order valence-corrected chi connectivity index (χ1v) is 6.98. The van der Waals surface area contributed by atoms with E-state index >= 15 is 0 Å². The van der Waals surface area contributed by atoms with Crippen molar-refractivity contribution < 1.29 is 13.5 Å². The molecule has 0 aromatic carbocycles. The molecule has 1 aromatic heterocycles. The molecule has 0 amide bonds. The minimum atomic E-state index is -2.47. The first-order chi connectivity index (χ1) is 9.34. The van der Waals surface area contributed by atoms with Crippen molar-refractivity contribution in [3.63, 3.8) is 0 Å². The molecule has 0 bridgehead atoms. The van der Waals surface area contributed by atoms with Crippen LogP contribution in [0.5, 0.6) is 5.88 Å². The summed E-state index contributed by atoms with van der Waals surface area (Å²) in [4.78, 5) is 2.14. The van der Waals surface area contributed by atoms with Gasteiger partial charge in [0.1, 0.15) is 0 Å². The van der Waals surface area contributed by atoms with Crippen LogP contribution in [0.4, 0.5) is 8.78 Å². The molecule has 0 aliphatic heterocycles. The van der Waals surface area contributed by atoms with E-state index in [0.717, 1.165) is 17.1 Å². The molecule has 1 aliphatic carbocycles. The second-order valence-corrected chi connectivity index (χ2v) is 5.70. The lowest BCUT2D eigenvalue weighted by molar-refractivity contribution is -0.0520. The number of hydrogen-bond donors (Lipinski definition) is 0. The lowest BCUT2D eigenvalue weighted by Crippen LogP contribution is -2.38. The summed E-state index contributed by atoms with van der Waals surface area (Å²) in [7, 11) is 5.46. The maximum atomic E-state index is 13.2. The van der Waals surface area contributed by atoms with Gasteiger partial charge in [-0.1, -0.05) is 0 Å². The molecule has 0 saturated heterocycles. The van der Waals surface area contributed by atoms with E-state index in [1.807, 2.05) is 21.0 Å². The Bertz CT molecular complexity index is 463. The number of halogens is 2. The predicted octanol–water partition coefficient (Wildman–Crippen LogP) is 2.75. The summed E-state index contributed by atoms with van der Waals surface area (Å²) in [6, 6.07) is 0.207. The quantitative estimate of drug-likeness (QED) is 0.853. The third-order valence-corrected chi connectivity index (χ3v) is 4.20. The normalized spacial score (nSPS) is 19.6. The molecule has 20 heavy (non-hydrogen) atoms. The number of rotatable bonds is 4. The zero-order chi connectivity index (χ0) is 14.9. The molecule has 1 fully saturated rings. The van der Waals surface area contributed by atoms with Crippen LogP contribution in [-0.4, -0.2) is 40.8 Å². The summed E-state index contributed by atoms with van der Waals surface area (Å²) in [6.45, 7) is 2.62. The predicted molar refractivity (Wildman–Crippen MR) is 73.2 cm³/mol. The van der Waals surface area contributed by atoms with Crippen LogP contribution in [-0.2, 0) is 13.6 Å². The Morgan fingerprint density at radius 3 is 2.55 bits per heavy atom. The number of hydrogen-bond acceptors (Lipinski definition) is 3. The zero-order valence-electron chi connectivity index (χ0n) is 12.6. The van der Waals surface area contributed by atoms with Gasteiger partial charge < -0.3 is 4.74 Å². The second kappa shape index (κ2) is 5.68. The van der Waals surface area contributed by atoms with Crippen LogP contribution in [0.2, 0.25) is 0 Å². The highest BCUT2D eigenvalue weighted by molar-refractivity contribution is 5.30.